The van der Waals surface area contributed by atoms with Crippen molar-refractivity contribution >= 4 is 20.6 Å². The van der Waals surface area contributed by atoms with Crippen molar-refractivity contribution in [2.45, 2.75) is 24.2 Å². The van der Waals surface area contributed by atoms with Crippen molar-refractivity contribution in [2.24, 2.45) is 0 Å². The summed E-state index contributed by atoms with van der Waals surface area (Å²) in [4.78, 5) is 12.2. The van der Waals surface area contributed by atoms with Crippen LogP contribution in [-0.2, 0) is 16.3 Å². The van der Waals surface area contributed by atoms with Gasteiger partial charge >= 0.3 is 5.63 Å². The van der Waals surface area contributed by atoms with E-state index in [2.05, 4.69) is 0 Å². The molecule has 0 fully saturated rings. The van der Waals surface area contributed by atoms with Gasteiger partial charge in [0.2, 0.25) is 0 Å². The number of hydrogen-bond acceptors (Lipinski definition) is 4. The maximum absolute atomic E-state index is 12.1. The van der Waals surface area contributed by atoms with Crippen molar-refractivity contribution in [3.8, 4) is 0 Å². The Hall–Kier alpha value is -2.66. The molecule has 0 saturated heterocycles. The number of unbranched alkanes of at least 4 members (excludes halogenated alkanes) is 1. The van der Waals surface area contributed by atoms with E-state index in [4.69, 9.17) is 4.42 Å². The molecule has 0 aliphatic heterocycles. The Balaban J connectivity index is 1.66. The van der Waals surface area contributed by atoms with Gasteiger partial charge in [0.1, 0.15) is 6.26 Å². The van der Waals surface area contributed by atoms with Gasteiger partial charge in [-0.05, 0) is 36.8 Å². The predicted molar refractivity (Wildman–Crippen MR) is 98.2 cm³/mol. The maximum Gasteiger partial charge on any atom is 0.339 e. The molecule has 0 aliphatic rings. The van der Waals surface area contributed by atoms with Gasteiger partial charge in [-0.2, -0.15) is 0 Å². The SMILES string of the molecule is O=c1occ2ccccc2c1CCC/C=C/S(=O)(=O)c1ccccc1. The van der Waals surface area contributed by atoms with Crippen LogP contribution in [0.5, 0.6) is 0 Å². The highest BCUT2D eigenvalue weighted by Gasteiger charge is 2.09. The standard InChI is InChI=1S/C20H18O4S/c21-20-19(18-12-7-6-9-16(18)15-24-20)13-5-2-8-14-25(22,23)17-10-3-1-4-11-17/h1,3-4,6-12,14-15H,2,5,13H2/b14-8+. The molecule has 0 amide bonds. The molecule has 25 heavy (non-hydrogen) atoms. The lowest BCUT2D eigenvalue weighted by molar-refractivity contribution is 0.508. The van der Waals surface area contributed by atoms with Crippen molar-refractivity contribution in [2.75, 3.05) is 0 Å². The topological polar surface area (TPSA) is 64.3 Å². The van der Waals surface area contributed by atoms with Crippen LogP contribution in [-0.4, -0.2) is 8.42 Å². The molecular weight excluding hydrogens is 336 g/mol. The summed E-state index contributed by atoms with van der Waals surface area (Å²) in [5, 5.41) is 3.01. The van der Waals surface area contributed by atoms with Crippen LogP contribution in [0.1, 0.15) is 18.4 Å². The van der Waals surface area contributed by atoms with Crippen molar-refractivity contribution in [3.63, 3.8) is 0 Å². The lowest BCUT2D eigenvalue weighted by Gasteiger charge is -2.03. The minimum absolute atomic E-state index is 0.279. The predicted octanol–water partition coefficient (Wildman–Crippen LogP) is 4.10. The average molecular weight is 354 g/mol. The molecule has 1 aromatic heterocycles. The van der Waals surface area contributed by atoms with Crippen molar-refractivity contribution in [3.05, 3.63) is 88.3 Å². The average Bonchev–Trinajstić information content (AvgIpc) is 2.64. The van der Waals surface area contributed by atoms with Gasteiger partial charge in [-0.15, -0.1) is 0 Å². The zero-order valence-electron chi connectivity index (χ0n) is 13.6. The fourth-order valence-electron chi connectivity index (χ4n) is 2.69. The highest BCUT2D eigenvalue weighted by atomic mass is 32.2. The highest BCUT2D eigenvalue weighted by molar-refractivity contribution is 7.94. The summed E-state index contributed by atoms with van der Waals surface area (Å²) >= 11 is 0. The second-order valence-corrected chi connectivity index (χ2v) is 7.54. The number of aryl methyl sites for hydroxylation is 1. The van der Waals surface area contributed by atoms with E-state index in [-0.39, 0.29) is 10.5 Å². The monoisotopic (exact) mass is 354 g/mol. The van der Waals surface area contributed by atoms with Crippen molar-refractivity contribution < 1.29 is 12.8 Å². The summed E-state index contributed by atoms with van der Waals surface area (Å²) in [5.41, 5.74) is 0.303. The van der Waals surface area contributed by atoms with E-state index in [1.54, 1.807) is 36.4 Å². The largest absolute Gasteiger partial charge is 0.430 e. The van der Waals surface area contributed by atoms with Gasteiger partial charge in [0.05, 0.1) is 4.90 Å². The molecule has 0 atom stereocenters. The van der Waals surface area contributed by atoms with Crippen molar-refractivity contribution in [1.82, 2.24) is 0 Å². The van der Waals surface area contributed by atoms with Gasteiger partial charge in [-0.25, -0.2) is 13.2 Å². The smallest absolute Gasteiger partial charge is 0.339 e. The first-order valence-electron chi connectivity index (χ1n) is 8.04. The quantitative estimate of drug-likeness (QED) is 0.625. The Morgan fingerprint density at radius 1 is 0.960 bits per heavy atom. The van der Waals surface area contributed by atoms with E-state index in [9.17, 15) is 13.2 Å². The second-order valence-electron chi connectivity index (χ2n) is 5.71. The molecule has 2 aromatic carbocycles. The van der Waals surface area contributed by atoms with Gasteiger partial charge < -0.3 is 4.42 Å². The third-order valence-corrected chi connectivity index (χ3v) is 5.45. The fourth-order valence-corrected chi connectivity index (χ4v) is 3.77. The van der Waals surface area contributed by atoms with Crippen LogP contribution in [0.3, 0.4) is 0 Å². The van der Waals surface area contributed by atoms with E-state index < -0.39 is 9.84 Å². The normalized spacial score (nSPS) is 12.0. The summed E-state index contributed by atoms with van der Waals surface area (Å²) in [5.74, 6) is 0. The Bertz CT molecular complexity index is 1050. The zero-order chi connectivity index (χ0) is 17.7. The molecule has 4 nitrogen and oxygen atoms in total. The lowest BCUT2D eigenvalue weighted by Crippen LogP contribution is -2.07. The third-order valence-electron chi connectivity index (χ3n) is 3.97. The molecule has 3 aromatic rings. The molecule has 1 heterocycles. The minimum Gasteiger partial charge on any atom is -0.430 e. The van der Waals surface area contributed by atoms with Crippen LogP contribution in [0.25, 0.3) is 10.8 Å². The molecule has 128 valence electrons. The van der Waals surface area contributed by atoms with Crippen LogP contribution in [0.4, 0.5) is 0 Å². The Morgan fingerprint density at radius 2 is 1.68 bits per heavy atom. The second kappa shape index (κ2) is 7.49. The molecule has 5 heteroatoms. The van der Waals surface area contributed by atoms with Gasteiger partial charge in [-0.1, -0.05) is 48.5 Å². The van der Waals surface area contributed by atoms with E-state index in [1.807, 2.05) is 24.3 Å². The minimum atomic E-state index is -3.41. The van der Waals surface area contributed by atoms with E-state index in [0.29, 0.717) is 24.8 Å². The Labute approximate surface area is 146 Å². The first-order chi connectivity index (χ1) is 12.1. The maximum atomic E-state index is 12.1. The molecule has 0 spiro atoms. The van der Waals surface area contributed by atoms with Gasteiger partial charge in [0, 0.05) is 16.4 Å². The molecular formula is C20H18O4S. The van der Waals surface area contributed by atoms with E-state index in [0.717, 1.165) is 10.8 Å². The summed E-state index contributed by atoms with van der Waals surface area (Å²) in [6.07, 6.45) is 4.87. The summed E-state index contributed by atoms with van der Waals surface area (Å²) < 4.78 is 29.4. The molecule has 0 aliphatic carbocycles. The number of hydrogen-bond donors (Lipinski definition) is 0. The first-order valence-corrected chi connectivity index (χ1v) is 9.59. The summed E-state index contributed by atoms with van der Waals surface area (Å²) in [6.45, 7) is 0. The van der Waals surface area contributed by atoms with Gasteiger partial charge in [0.15, 0.2) is 9.84 Å². The number of rotatable bonds is 6. The van der Waals surface area contributed by atoms with Crippen LogP contribution in [0.2, 0.25) is 0 Å². The van der Waals surface area contributed by atoms with Crippen LogP contribution >= 0.6 is 0 Å². The summed E-state index contributed by atoms with van der Waals surface area (Å²) in [7, 11) is -3.41. The first kappa shape index (κ1) is 17.2. The molecule has 0 radical (unpaired) electrons. The third kappa shape index (κ3) is 4.06. The zero-order valence-corrected chi connectivity index (χ0v) is 14.4. The van der Waals surface area contributed by atoms with E-state index >= 15 is 0 Å². The Morgan fingerprint density at radius 3 is 2.48 bits per heavy atom. The number of allylic oxidation sites excluding steroid dienone is 1. The van der Waals surface area contributed by atoms with Crippen LogP contribution in [0.15, 0.2) is 86.5 Å². The van der Waals surface area contributed by atoms with Gasteiger partial charge in [0.25, 0.3) is 0 Å². The molecule has 0 saturated carbocycles. The fraction of sp³-hybridized carbons (Fsp3) is 0.150. The van der Waals surface area contributed by atoms with Gasteiger partial charge in [-0.3, -0.25) is 0 Å². The number of sulfone groups is 1. The number of fused-ring (bicyclic) bond motifs is 1. The van der Waals surface area contributed by atoms with Crippen molar-refractivity contribution in [1.29, 1.82) is 0 Å². The Kier molecular flexibility index (Phi) is 5.14. The van der Waals surface area contributed by atoms with Crippen LogP contribution < -0.4 is 5.63 Å². The van der Waals surface area contributed by atoms with Crippen LogP contribution in [0, 0.1) is 0 Å². The molecule has 3 rings (SSSR count). The van der Waals surface area contributed by atoms with E-state index in [1.165, 1.54) is 11.7 Å². The molecule has 0 bridgehead atoms. The lowest BCUT2D eigenvalue weighted by atomic mass is 10.0. The number of benzene rings is 2. The highest BCUT2D eigenvalue weighted by Crippen LogP contribution is 2.17. The summed E-state index contributed by atoms with van der Waals surface area (Å²) in [6, 6.07) is 15.9. The molecule has 0 unspecified atom stereocenters. The molecule has 0 N–H and O–H groups in total.